The van der Waals surface area contributed by atoms with Crippen molar-refractivity contribution >= 4 is 35.0 Å². The highest BCUT2D eigenvalue weighted by Gasteiger charge is 2.07. The van der Waals surface area contributed by atoms with E-state index in [-0.39, 0.29) is 6.42 Å². The molecule has 0 atom stereocenters. The van der Waals surface area contributed by atoms with Crippen molar-refractivity contribution in [1.82, 2.24) is 0 Å². The number of hydrogen-bond donors (Lipinski definition) is 2. The molecule has 0 aliphatic heterocycles. The van der Waals surface area contributed by atoms with E-state index in [2.05, 4.69) is 0 Å². The predicted molar refractivity (Wildman–Crippen MR) is 77.8 cm³/mol. The van der Waals surface area contributed by atoms with E-state index in [1.165, 1.54) is 0 Å². The molecule has 0 radical (unpaired) electrons. The molecule has 19 heavy (non-hydrogen) atoms. The summed E-state index contributed by atoms with van der Waals surface area (Å²) in [7, 11) is 0. The Kier molecular flexibility index (Phi) is 4.35. The molecule has 3 nitrogen and oxygen atoms in total. The zero-order valence-electron chi connectivity index (χ0n) is 9.97. The molecule has 0 saturated carbocycles. The van der Waals surface area contributed by atoms with Crippen LogP contribution in [0, 0.1) is 0 Å². The quantitative estimate of drug-likeness (QED) is 0.844. The average Bonchev–Trinajstić information content (AvgIpc) is 2.35. The van der Waals surface area contributed by atoms with Crippen molar-refractivity contribution in [2.24, 2.45) is 0 Å². The van der Waals surface area contributed by atoms with Gasteiger partial charge in [-0.15, -0.1) is 0 Å². The Morgan fingerprint density at radius 2 is 1.79 bits per heavy atom. The van der Waals surface area contributed by atoms with E-state index < -0.39 is 5.97 Å². The van der Waals surface area contributed by atoms with Gasteiger partial charge in [-0.2, -0.15) is 0 Å². The third kappa shape index (κ3) is 3.91. The maximum absolute atomic E-state index is 10.7. The molecule has 3 N–H and O–H groups in total. The number of halogens is 1. The molecule has 0 bridgehead atoms. The van der Waals surface area contributed by atoms with Gasteiger partial charge in [0.1, 0.15) is 0 Å². The molecule has 5 heteroatoms. The number of hydrogen-bond acceptors (Lipinski definition) is 3. The molecule has 0 aliphatic rings. The van der Waals surface area contributed by atoms with E-state index in [9.17, 15) is 4.79 Å². The lowest BCUT2D eigenvalue weighted by molar-refractivity contribution is -0.136. The molecule has 2 rings (SSSR count). The van der Waals surface area contributed by atoms with Gasteiger partial charge >= 0.3 is 5.97 Å². The molecule has 0 spiro atoms. The largest absolute Gasteiger partial charge is 0.481 e. The Hall–Kier alpha value is -1.65. The number of rotatable bonds is 4. The lowest BCUT2D eigenvalue weighted by Crippen LogP contribution is -2.00. The van der Waals surface area contributed by atoms with E-state index in [0.29, 0.717) is 10.6 Å². The maximum atomic E-state index is 10.7. The monoisotopic (exact) mass is 293 g/mol. The molecule has 0 aliphatic carbocycles. The molecule has 2 aromatic carbocycles. The molecular weight excluding hydrogens is 282 g/mol. The van der Waals surface area contributed by atoms with Gasteiger partial charge in [0.15, 0.2) is 0 Å². The van der Waals surface area contributed by atoms with Gasteiger partial charge < -0.3 is 10.8 Å². The fourth-order valence-corrected chi connectivity index (χ4v) is 2.74. The first-order chi connectivity index (χ1) is 9.04. The number of aliphatic carboxylic acids is 1. The van der Waals surface area contributed by atoms with Crippen LogP contribution in [-0.4, -0.2) is 11.1 Å². The minimum Gasteiger partial charge on any atom is -0.481 e. The number of nitrogens with two attached hydrogens (primary N) is 1. The zero-order chi connectivity index (χ0) is 13.8. The van der Waals surface area contributed by atoms with Crippen LogP contribution >= 0.6 is 23.4 Å². The van der Waals surface area contributed by atoms with Crippen LogP contribution in [0.15, 0.2) is 52.3 Å². The first-order valence-corrected chi connectivity index (χ1v) is 6.77. The van der Waals surface area contributed by atoms with Crippen LogP contribution in [0.1, 0.15) is 5.56 Å². The summed E-state index contributed by atoms with van der Waals surface area (Å²) in [4.78, 5) is 12.7. The van der Waals surface area contributed by atoms with Gasteiger partial charge in [-0.05, 0) is 42.0 Å². The highest BCUT2D eigenvalue weighted by atomic mass is 35.5. The van der Waals surface area contributed by atoms with Gasteiger partial charge in [0.05, 0.1) is 6.42 Å². The number of benzene rings is 2. The summed E-state index contributed by atoms with van der Waals surface area (Å²) in [6.45, 7) is 0. The van der Waals surface area contributed by atoms with Gasteiger partial charge in [0.2, 0.25) is 0 Å². The van der Waals surface area contributed by atoms with Crippen molar-refractivity contribution in [2.45, 2.75) is 16.2 Å². The van der Waals surface area contributed by atoms with E-state index in [4.69, 9.17) is 22.4 Å². The number of anilines is 1. The zero-order valence-corrected chi connectivity index (χ0v) is 11.5. The van der Waals surface area contributed by atoms with Gasteiger partial charge in [0.25, 0.3) is 0 Å². The summed E-state index contributed by atoms with van der Waals surface area (Å²) >= 11 is 7.62. The fourth-order valence-electron chi connectivity index (χ4n) is 1.57. The lowest BCUT2D eigenvalue weighted by atomic mass is 10.1. The van der Waals surface area contributed by atoms with Crippen LogP contribution in [0.25, 0.3) is 0 Å². The topological polar surface area (TPSA) is 63.3 Å². The van der Waals surface area contributed by atoms with Crippen molar-refractivity contribution in [3.8, 4) is 0 Å². The Bertz CT molecular complexity index is 599. The number of carbonyl (C=O) groups is 1. The van der Waals surface area contributed by atoms with Crippen LogP contribution < -0.4 is 5.73 Å². The highest BCUT2D eigenvalue weighted by Crippen LogP contribution is 2.31. The summed E-state index contributed by atoms with van der Waals surface area (Å²) in [6.07, 6.45) is -0.0638. The minimum absolute atomic E-state index is 0.0638. The fraction of sp³-hybridized carbons (Fsp3) is 0.0714. The Labute approximate surface area is 120 Å². The molecule has 0 heterocycles. The summed E-state index contributed by atoms with van der Waals surface area (Å²) in [5.74, 6) is -0.888. The third-order valence-corrected chi connectivity index (χ3v) is 3.83. The van der Waals surface area contributed by atoms with Crippen molar-refractivity contribution in [3.05, 3.63) is 53.1 Å². The molecule has 0 amide bonds. The van der Waals surface area contributed by atoms with Gasteiger partial charge in [-0.3, -0.25) is 4.79 Å². The highest BCUT2D eigenvalue weighted by molar-refractivity contribution is 7.99. The van der Waals surface area contributed by atoms with Crippen LogP contribution in [0.4, 0.5) is 5.69 Å². The predicted octanol–water partition coefficient (Wildman–Crippen LogP) is 3.70. The summed E-state index contributed by atoms with van der Waals surface area (Å²) in [5.41, 5.74) is 6.97. The molecular formula is C14H12ClNO2S. The van der Waals surface area contributed by atoms with Crippen molar-refractivity contribution in [2.75, 3.05) is 5.73 Å². The molecule has 0 aromatic heterocycles. The van der Waals surface area contributed by atoms with Crippen molar-refractivity contribution in [3.63, 3.8) is 0 Å². The Morgan fingerprint density at radius 3 is 2.37 bits per heavy atom. The van der Waals surface area contributed by atoms with Crippen LogP contribution in [0.2, 0.25) is 5.02 Å². The van der Waals surface area contributed by atoms with Crippen LogP contribution in [-0.2, 0) is 11.2 Å². The number of carboxylic acid groups (broad SMARTS) is 1. The normalized spacial score (nSPS) is 10.4. The van der Waals surface area contributed by atoms with E-state index in [1.807, 2.05) is 30.3 Å². The minimum atomic E-state index is -0.888. The second-order valence-electron chi connectivity index (χ2n) is 3.99. The third-order valence-electron chi connectivity index (χ3n) is 2.48. The van der Waals surface area contributed by atoms with E-state index in [1.54, 1.807) is 23.9 Å². The second kappa shape index (κ2) is 5.99. The van der Waals surface area contributed by atoms with Gasteiger partial charge in [0, 0.05) is 20.5 Å². The van der Waals surface area contributed by atoms with Crippen LogP contribution in [0.3, 0.4) is 0 Å². The standard InChI is InChI=1S/C14H12ClNO2S/c15-13-8-12(4-1-9(13)7-14(17)18)19-11-5-2-10(16)3-6-11/h1-6,8H,7,16H2,(H,17,18). The van der Waals surface area contributed by atoms with Crippen molar-refractivity contribution in [1.29, 1.82) is 0 Å². The smallest absolute Gasteiger partial charge is 0.307 e. The summed E-state index contributed by atoms with van der Waals surface area (Å²) in [6, 6.07) is 12.9. The number of nitrogen functional groups attached to an aromatic ring is 1. The summed E-state index contributed by atoms with van der Waals surface area (Å²) < 4.78 is 0. The molecule has 2 aromatic rings. The average molecular weight is 294 g/mol. The first-order valence-electron chi connectivity index (χ1n) is 5.58. The second-order valence-corrected chi connectivity index (χ2v) is 5.55. The van der Waals surface area contributed by atoms with Gasteiger partial charge in [-0.25, -0.2) is 0 Å². The lowest BCUT2D eigenvalue weighted by Gasteiger charge is -2.06. The Morgan fingerprint density at radius 1 is 1.16 bits per heavy atom. The maximum Gasteiger partial charge on any atom is 0.307 e. The van der Waals surface area contributed by atoms with Gasteiger partial charge in [-0.1, -0.05) is 29.4 Å². The molecule has 98 valence electrons. The molecule has 0 saturated heterocycles. The molecule has 0 fully saturated rings. The summed E-state index contributed by atoms with van der Waals surface area (Å²) in [5, 5.41) is 9.22. The number of carboxylic acids is 1. The van der Waals surface area contributed by atoms with E-state index in [0.717, 1.165) is 15.5 Å². The SMILES string of the molecule is Nc1ccc(Sc2ccc(CC(=O)O)c(Cl)c2)cc1. The van der Waals surface area contributed by atoms with Crippen molar-refractivity contribution < 1.29 is 9.90 Å². The van der Waals surface area contributed by atoms with Crippen LogP contribution in [0.5, 0.6) is 0 Å². The Balaban J connectivity index is 2.15. The molecule has 0 unspecified atom stereocenters. The first kappa shape index (κ1) is 13.8. The van der Waals surface area contributed by atoms with E-state index >= 15 is 0 Å².